The summed E-state index contributed by atoms with van der Waals surface area (Å²) in [6.45, 7) is 1.93. The first-order valence-electron chi connectivity index (χ1n) is 7.00. The van der Waals surface area contributed by atoms with E-state index >= 15 is 0 Å². The van der Waals surface area contributed by atoms with Crippen LogP contribution in [-0.2, 0) is 0 Å². The van der Waals surface area contributed by atoms with Crippen molar-refractivity contribution in [1.82, 2.24) is 9.97 Å². The van der Waals surface area contributed by atoms with Gasteiger partial charge in [-0.15, -0.1) is 0 Å². The van der Waals surface area contributed by atoms with Crippen molar-refractivity contribution >= 4 is 17.6 Å². The van der Waals surface area contributed by atoms with Gasteiger partial charge < -0.3 is 4.90 Å². The molecule has 1 aromatic heterocycles. The summed E-state index contributed by atoms with van der Waals surface area (Å²) in [6, 6.07) is 12.2. The Morgan fingerprint density at radius 1 is 1.14 bits per heavy atom. The Kier molecular flexibility index (Phi) is 4.07. The predicted molar refractivity (Wildman–Crippen MR) is 85.4 cm³/mol. The van der Waals surface area contributed by atoms with E-state index in [1.54, 1.807) is 0 Å². The molecule has 1 aliphatic rings. The highest BCUT2D eigenvalue weighted by Crippen LogP contribution is 2.31. The van der Waals surface area contributed by atoms with Crippen LogP contribution in [0.15, 0.2) is 35.5 Å². The van der Waals surface area contributed by atoms with E-state index < -0.39 is 0 Å². The van der Waals surface area contributed by atoms with E-state index in [0.717, 1.165) is 48.2 Å². The highest BCUT2D eigenvalue weighted by molar-refractivity contribution is 7.98. The van der Waals surface area contributed by atoms with Gasteiger partial charge in [-0.05, 0) is 19.1 Å². The second-order valence-corrected chi connectivity index (χ2v) is 5.70. The molecule has 0 saturated carbocycles. The smallest absolute Gasteiger partial charge is 0.189 e. The molecule has 106 valence electrons. The summed E-state index contributed by atoms with van der Waals surface area (Å²) in [7, 11) is 0. The number of rotatable bonds is 3. The summed E-state index contributed by atoms with van der Waals surface area (Å²) in [5.74, 6) is 0.785. The molecule has 0 atom stereocenters. The first-order valence-corrected chi connectivity index (χ1v) is 8.22. The van der Waals surface area contributed by atoms with Crippen LogP contribution >= 0.6 is 11.8 Å². The van der Waals surface area contributed by atoms with Crippen molar-refractivity contribution in [1.29, 1.82) is 5.26 Å². The first-order chi connectivity index (χ1) is 10.3. The van der Waals surface area contributed by atoms with E-state index in [-0.39, 0.29) is 0 Å². The number of aromatic nitrogens is 2. The Hall–Kier alpha value is -2.06. The van der Waals surface area contributed by atoms with Gasteiger partial charge in [0, 0.05) is 18.7 Å². The van der Waals surface area contributed by atoms with E-state index in [1.807, 2.05) is 36.6 Å². The van der Waals surface area contributed by atoms with E-state index in [1.165, 1.54) is 11.8 Å². The van der Waals surface area contributed by atoms with Crippen LogP contribution in [0.5, 0.6) is 0 Å². The summed E-state index contributed by atoms with van der Waals surface area (Å²) >= 11 is 1.51. The van der Waals surface area contributed by atoms with E-state index in [0.29, 0.717) is 5.56 Å². The van der Waals surface area contributed by atoms with Crippen molar-refractivity contribution in [2.24, 2.45) is 0 Å². The molecule has 0 unspecified atom stereocenters. The van der Waals surface area contributed by atoms with Crippen LogP contribution in [0.3, 0.4) is 0 Å². The molecule has 3 rings (SSSR count). The molecular formula is C16H16N4S. The molecule has 0 bridgehead atoms. The molecule has 0 radical (unpaired) electrons. The third-order valence-electron chi connectivity index (χ3n) is 3.62. The van der Waals surface area contributed by atoms with Gasteiger partial charge in [0.2, 0.25) is 0 Å². The van der Waals surface area contributed by atoms with Gasteiger partial charge in [0.05, 0.1) is 5.69 Å². The minimum absolute atomic E-state index is 0.584. The van der Waals surface area contributed by atoms with Gasteiger partial charge in [0.15, 0.2) is 11.0 Å². The van der Waals surface area contributed by atoms with Crippen molar-refractivity contribution < 1.29 is 0 Å². The number of thioether (sulfide) groups is 1. The maximum Gasteiger partial charge on any atom is 0.189 e. The maximum absolute atomic E-state index is 9.62. The lowest BCUT2D eigenvalue weighted by atomic mass is 10.1. The highest BCUT2D eigenvalue weighted by atomic mass is 32.2. The summed E-state index contributed by atoms with van der Waals surface area (Å²) in [6.07, 6.45) is 4.28. The molecule has 0 amide bonds. The summed E-state index contributed by atoms with van der Waals surface area (Å²) in [5, 5.41) is 10.3. The zero-order valence-corrected chi connectivity index (χ0v) is 12.7. The van der Waals surface area contributed by atoms with Crippen molar-refractivity contribution in [3.8, 4) is 17.3 Å². The summed E-state index contributed by atoms with van der Waals surface area (Å²) < 4.78 is 0. The molecular weight excluding hydrogens is 280 g/mol. The first kappa shape index (κ1) is 13.9. The van der Waals surface area contributed by atoms with E-state index in [4.69, 9.17) is 0 Å². The molecule has 1 aromatic carbocycles. The van der Waals surface area contributed by atoms with Gasteiger partial charge in [0.1, 0.15) is 11.6 Å². The Balaban J connectivity index is 2.19. The molecule has 4 nitrogen and oxygen atoms in total. The molecule has 1 fully saturated rings. The molecule has 0 aliphatic carbocycles. The van der Waals surface area contributed by atoms with Crippen LogP contribution in [-0.4, -0.2) is 29.3 Å². The van der Waals surface area contributed by atoms with Gasteiger partial charge in [-0.25, -0.2) is 9.97 Å². The predicted octanol–water partition coefficient (Wildman–Crippen LogP) is 3.34. The van der Waals surface area contributed by atoms with Crippen LogP contribution in [0.2, 0.25) is 0 Å². The minimum Gasteiger partial charge on any atom is -0.355 e. The molecule has 5 heteroatoms. The minimum atomic E-state index is 0.584. The number of hydrogen-bond donors (Lipinski definition) is 0. The highest BCUT2D eigenvalue weighted by Gasteiger charge is 2.22. The Morgan fingerprint density at radius 3 is 2.48 bits per heavy atom. The topological polar surface area (TPSA) is 52.8 Å². The molecule has 1 aliphatic heterocycles. The number of nitriles is 1. The second-order valence-electron chi connectivity index (χ2n) is 4.93. The maximum atomic E-state index is 9.62. The average molecular weight is 296 g/mol. The van der Waals surface area contributed by atoms with Gasteiger partial charge >= 0.3 is 0 Å². The molecule has 2 heterocycles. The van der Waals surface area contributed by atoms with Crippen LogP contribution in [0, 0.1) is 11.3 Å². The molecule has 0 N–H and O–H groups in total. The fraction of sp³-hybridized carbons (Fsp3) is 0.312. The van der Waals surface area contributed by atoms with Gasteiger partial charge in [0.25, 0.3) is 0 Å². The molecule has 0 spiro atoms. The lowest BCUT2D eigenvalue weighted by molar-refractivity contribution is 0.877. The van der Waals surface area contributed by atoms with Crippen LogP contribution in [0.1, 0.15) is 18.4 Å². The SMILES string of the molecule is CSc1nc(-c2ccccc2)c(C#N)c(N2CCCC2)n1. The summed E-state index contributed by atoms with van der Waals surface area (Å²) in [4.78, 5) is 11.4. The Morgan fingerprint density at radius 2 is 1.86 bits per heavy atom. The van der Waals surface area contributed by atoms with Crippen molar-refractivity contribution in [3.63, 3.8) is 0 Å². The molecule has 1 saturated heterocycles. The number of hydrogen-bond acceptors (Lipinski definition) is 5. The lowest BCUT2D eigenvalue weighted by Crippen LogP contribution is -2.21. The van der Waals surface area contributed by atoms with Crippen molar-refractivity contribution in [3.05, 3.63) is 35.9 Å². The fourth-order valence-electron chi connectivity index (χ4n) is 2.59. The van der Waals surface area contributed by atoms with Gasteiger partial charge in [-0.3, -0.25) is 0 Å². The van der Waals surface area contributed by atoms with Crippen LogP contribution in [0.4, 0.5) is 5.82 Å². The zero-order valence-electron chi connectivity index (χ0n) is 11.9. The number of benzene rings is 1. The van der Waals surface area contributed by atoms with Crippen molar-refractivity contribution in [2.75, 3.05) is 24.2 Å². The lowest BCUT2D eigenvalue weighted by Gasteiger charge is -2.19. The number of nitrogens with zero attached hydrogens (tertiary/aromatic N) is 4. The van der Waals surface area contributed by atoms with E-state index in [9.17, 15) is 5.26 Å². The van der Waals surface area contributed by atoms with Crippen molar-refractivity contribution in [2.45, 2.75) is 18.0 Å². The standard InChI is InChI=1S/C16H16N4S/c1-21-16-18-14(12-7-3-2-4-8-12)13(11-17)15(19-16)20-9-5-6-10-20/h2-4,7-8H,5-6,9-10H2,1H3. The second kappa shape index (κ2) is 6.15. The van der Waals surface area contributed by atoms with Gasteiger partial charge in [-0.1, -0.05) is 42.1 Å². The third kappa shape index (κ3) is 2.72. The largest absolute Gasteiger partial charge is 0.355 e. The van der Waals surface area contributed by atoms with Crippen LogP contribution in [0.25, 0.3) is 11.3 Å². The third-order valence-corrected chi connectivity index (χ3v) is 4.16. The Labute approximate surface area is 128 Å². The molecule has 21 heavy (non-hydrogen) atoms. The Bertz CT molecular complexity index is 673. The summed E-state index contributed by atoms with van der Waals surface area (Å²) in [5.41, 5.74) is 2.28. The quantitative estimate of drug-likeness (QED) is 0.642. The molecule has 2 aromatic rings. The monoisotopic (exact) mass is 296 g/mol. The normalized spacial score (nSPS) is 14.2. The zero-order chi connectivity index (χ0) is 14.7. The van der Waals surface area contributed by atoms with Gasteiger partial charge in [-0.2, -0.15) is 5.26 Å². The fourth-order valence-corrected chi connectivity index (χ4v) is 2.95. The average Bonchev–Trinajstić information content (AvgIpc) is 3.08. The van der Waals surface area contributed by atoms with Crippen LogP contribution < -0.4 is 4.90 Å². The number of anilines is 1. The van der Waals surface area contributed by atoms with E-state index in [2.05, 4.69) is 20.9 Å².